The Balaban J connectivity index is 2.36. The third-order valence-corrected chi connectivity index (χ3v) is 3.18. The molecular formula is C18H18N2O2. The van der Waals surface area contributed by atoms with E-state index in [1.807, 2.05) is 49.4 Å². The molecule has 0 aliphatic rings. The smallest absolute Gasteiger partial charge is 0.262 e. The largest absolute Gasteiger partial charge is 0.493 e. The number of amides is 1. The zero-order chi connectivity index (χ0) is 15.8. The van der Waals surface area contributed by atoms with Crippen LogP contribution in [0.2, 0.25) is 0 Å². The van der Waals surface area contributed by atoms with Crippen molar-refractivity contribution in [2.75, 3.05) is 18.1 Å². The van der Waals surface area contributed by atoms with Crippen LogP contribution in [0.15, 0.2) is 54.6 Å². The molecule has 0 saturated carbocycles. The molecule has 112 valence electrons. The number of anilines is 1. The van der Waals surface area contributed by atoms with E-state index in [4.69, 9.17) is 10.00 Å². The van der Waals surface area contributed by atoms with Crippen LogP contribution in [0.3, 0.4) is 0 Å². The highest BCUT2D eigenvalue weighted by atomic mass is 16.5. The summed E-state index contributed by atoms with van der Waals surface area (Å²) in [7, 11) is 0. The number of nitrogens with zero attached hydrogens (tertiary/aromatic N) is 2. The fraction of sp³-hybridized carbons (Fsp3) is 0.222. The maximum absolute atomic E-state index is 12.9. The first-order valence-electron chi connectivity index (χ1n) is 7.23. The van der Waals surface area contributed by atoms with Gasteiger partial charge in [0.05, 0.1) is 24.7 Å². The molecule has 0 unspecified atom stereocenters. The van der Waals surface area contributed by atoms with Gasteiger partial charge in [-0.2, -0.15) is 5.26 Å². The van der Waals surface area contributed by atoms with Crippen LogP contribution in [0.5, 0.6) is 5.75 Å². The van der Waals surface area contributed by atoms with E-state index in [0.29, 0.717) is 24.5 Å². The summed E-state index contributed by atoms with van der Waals surface area (Å²) in [6, 6.07) is 18.6. The van der Waals surface area contributed by atoms with Gasteiger partial charge in [-0.3, -0.25) is 4.79 Å². The van der Waals surface area contributed by atoms with Gasteiger partial charge < -0.3 is 9.64 Å². The minimum absolute atomic E-state index is 0.162. The number of para-hydroxylation sites is 2. The number of benzene rings is 2. The molecule has 4 heteroatoms. The number of hydrogen-bond donors (Lipinski definition) is 0. The topological polar surface area (TPSA) is 53.3 Å². The summed E-state index contributed by atoms with van der Waals surface area (Å²) in [5.74, 6) is 0.401. The first-order chi connectivity index (χ1) is 10.8. The second-order valence-electron chi connectivity index (χ2n) is 4.63. The van der Waals surface area contributed by atoms with E-state index < -0.39 is 0 Å². The van der Waals surface area contributed by atoms with E-state index in [9.17, 15) is 4.79 Å². The van der Waals surface area contributed by atoms with Crippen LogP contribution in [-0.4, -0.2) is 19.1 Å². The summed E-state index contributed by atoms with van der Waals surface area (Å²) in [5.41, 5.74) is 1.28. The van der Waals surface area contributed by atoms with E-state index in [1.165, 1.54) is 0 Å². The van der Waals surface area contributed by atoms with Crippen molar-refractivity contribution in [1.29, 1.82) is 5.26 Å². The molecule has 0 aromatic heterocycles. The summed E-state index contributed by atoms with van der Waals surface area (Å²) in [6.45, 7) is 2.72. The van der Waals surface area contributed by atoms with Crippen molar-refractivity contribution in [2.45, 2.75) is 13.3 Å². The van der Waals surface area contributed by atoms with Crippen LogP contribution in [-0.2, 0) is 0 Å². The Kier molecular flexibility index (Phi) is 5.56. The van der Waals surface area contributed by atoms with Gasteiger partial charge in [0.15, 0.2) is 0 Å². The average Bonchev–Trinajstić information content (AvgIpc) is 2.57. The fourth-order valence-electron chi connectivity index (χ4n) is 2.19. The Morgan fingerprint density at radius 3 is 2.50 bits per heavy atom. The fourth-order valence-corrected chi connectivity index (χ4v) is 2.19. The highest BCUT2D eigenvalue weighted by Crippen LogP contribution is 2.23. The number of rotatable bonds is 6. The molecule has 0 aliphatic carbocycles. The van der Waals surface area contributed by atoms with Crippen molar-refractivity contribution in [3.63, 3.8) is 0 Å². The highest BCUT2D eigenvalue weighted by Gasteiger charge is 2.20. The van der Waals surface area contributed by atoms with Crippen LogP contribution in [0.25, 0.3) is 0 Å². The number of carbonyl (C=O) groups is 1. The lowest BCUT2D eigenvalue weighted by Gasteiger charge is -2.23. The SMILES string of the molecule is CCOc1ccccc1C(=O)N(CCC#N)c1ccccc1. The zero-order valence-corrected chi connectivity index (χ0v) is 12.5. The number of hydrogen-bond acceptors (Lipinski definition) is 3. The minimum Gasteiger partial charge on any atom is -0.493 e. The van der Waals surface area contributed by atoms with E-state index in [0.717, 1.165) is 5.69 Å². The van der Waals surface area contributed by atoms with Crippen molar-refractivity contribution in [3.8, 4) is 11.8 Å². The monoisotopic (exact) mass is 294 g/mol. The Bertz CT molecular complexity index is 662. The summed E-state index contributed by atoms with van der Waals surface area (Å²) in [4.78, 5) is 14.5. The van der Waals surface area contributed by atoms with Crippen LogP contribution >= 0.6 is 0 Å². The highest BCUT2D eigenvalue weighted by molar-refractivity contribution is 6.07. The Labute approximate surface area is 130 Å². The van der Waals surface area contributed by atoms with Crippen LogP contribution in [0.1, 0.15) is 23.7 Å². The van der Waals surface area contributed by atoms with Gasteiger partial charge in [-0.05, 0) is 31.2 Å². The molecule has 0 saturated heterocycles. The number of nitriles is 1. The minimum atomic E-state index is -0.162. The van der Waals surface area contributed by atoms with Crippen LogP contribution in [0, 0.1) is 11.3 Å². The van der Waals surface area contributed by atoms with E-state index in [1.54, 1.807) is 17.0 Å². The first kappa shape index (κ1) is 15.6. The normalized spacial score (nSPS) is 9.82. The summed E-state index contributed by atoms with van der Waals surface area (Å²) < 4.78 is 5.54. The Hall–Kier alpha value is -2.80. The summed E-state index contributed by atoms with van der Waals surface area (Å²) in [6.07, 6.45) is 0.275. The molecular weight excluding hydrogens is 276 g/mol. The van der Waals surface area contributed by atoms with Crippen molar-refractivity contribution in [3.05, 3.63) is 60.2 Å². The van der Waals surface area contributed by atoms with Gasteiger partial charge >= 0.3 is 0 Å². The molecule has 0 spiro atoms. The lowest BCUT2D eigenvalue weighted by molar-refractivity contribution is 0.0984. The number of carbonyl (C=O) groups excluding carboxylic acids is 1. The van der Waals surface area contributed by atoms with E-state index in [-0.39, 0.29) is 12.3 Å². The molecule has 0 N–H and O–H groups in total. The molecule has 0 aliphatic heterocycles. The van der Waals surface area contributed by atoms with Crippen molar-refractivity contribution >= 4 is 11.6 Å². The second-order valence-corrected chi connectivity index (χ2v) is 4.63. The predicted octanol–water partition coefficient (Wildman–Crippen LogP) is 3.65. The van der Waals surface area contributed by atoms with Gasteiger partial charge in [0.25, 0.3) is 5.91 Å². The van der Waals surface area contributed by atoms with Gasteiger partial charge in [-0.25, -0.2) is 0 Å². The Morgan fingerprint density at radius 2 is 1.82 bits per heavy atom. The van der Waals surface area contributed by atoms with Gasteiger partial charge in [-0.1, -0.05) is 30.3 Å². The van der Waals surface area contributed by atoms with Crippen LogP contribution in [0.4, 0.5) is 5.69 Å². The maximum Gasteiger partial charge on any atom is 0.262 e. The van der Waals surface area contributed by atoms with Crippen molar-refractivity contribution in [1.82, 2.24) is 0 Å². The third-order valence-electron chi connectivity index (χ3n) is 3.18. The summed E-state index contributed by atoms with van der Waals surface area (Å²) in [5, 5.41) is 8.84. The molecule has 1 amide bonds. The van der Waals surface area contributed by atoms with Gasteiger partial charge in [0.2, 0.25) is 0 Å². The van der Waals surface area contributed by atoms with Crippen molar-refractivity contribution in [2.24, 2.45) is 0 Å². The predicted molar refractivity (Wildman–Crippen MR) is 86.0 cm³/mol. The number of ether oxygens (including phenoxy) is 1. The molecule has 0 bridgehead atoms. The van der Waals surface area contributed by atoms with E-state index in [2.05, 4.69) is 6.07 Å². The Morgan fingerprint density at radius 1 is 1.14 bits per heavy atom. The van der Waals surface area contributed by atoms with E-state index >= 15 is 0 Å². The lowest BCUT2D eigenvalue weighted by Crippen LogP contribution is -2.32. The second kappa shape index (κ2) is 7.84. The first-order valence-corrected chi connectivity index (χ1v) is 7.23. The molecule has 2 aromatic carbocycles. The molecule has 0 radical (unpaired) electrons. The molecule has 4 nitrogen and oxygen atoms in total. The maximum atomic E-state index is 12.9. The van der Waals surface area contributed by atoms with Gasteiger partial charge in [-0.15, -0.1) is 0 Å². The zero-order valence-electron chi connectivity index (χ0n) is 12.5. The molecule has 2 rings (SSSR count). The van der Waals surface area contributed by atoms with Gasteiger partial charge in [0, 0.05) is 12.2 Å². The molecule has 0 heterocycles. The third kappa shape index (κ3) is 3.64. The lowest BCUT2D eigenvalue weighted by atomic mass is 10.1. The van der Waals surface area contributed by atoms with Gasteiger partial charge in [0.1, 0.15) is 5.75 Å². The molecule has 22 heavy (non-hydrogen) atoms. The van der Waals surface area contributed by atoms with Crippen LogP contribution < -0.4 is 9.64 Å². The molecule has 2 aromatic rings. The van der Waals surface area contributed by atoms with Crippen molar-refractivity contribution < 1.29 is 9.53 Å². The standard InChI is InChI=1S/C18H18N2O2/c1-2-22-17-12-7-6-11-16(17)18(21)20(14-8-13-19)15-9-4-3-5-10-15/h3-7,9-12H,2,8,14H2,1H3. The quantitative estimate of drug-likeness (QED) is 0.817. The summed E-state index contributed by atoms with van der Waals surface area (Å²) >= 11 is 0. The molecule has 0 atom stereocenters. The molecule has 0 fully saturated rings. The average molecular weight is 294 g/mol.